The van der Waals surface area contributed by atoms with Gasteiger partial charge >= 0.3 is 0 Å². The first-order valence-electron chi connectivity index (χ1n) is 10.4. The molecule has 2 fully saturated rings. The summed E-state index contributed by atoms with van der Waals surface area (Å²) in [6, 6.07) is 13.7. The number of ketones is 1. The largest absolute Gasteiger partial charge is 0.366 e. The number of nitro benzene ring substituents is 1. The lowest BCUT2D eigenvalue weighted by atomic mass is 9.99. The molecule has 0 bridgehead atoms. The van der Waals surface area contributed by atoms with Gasteiger partial charge in [-0.3, -0.25) is 19.8 Å². The van der Waals surface area contributed by atoms with Crippen LogP contribution in [0.15, 0.2) is 48.5 Å². The molecule has 0 amide bonds. The number of benzene rings is 2. The second-order valence-electron chi connectivity index (χ2n) is 8.06. The third-order valence-electron chi connectivity index (χ3n) is 6.17. The molecule has 0 unspecified atom stereocenters. The van der Waals surface area contributed by atoms with Gasteiger partial charge in [-0.2, -0.15) is 0 Å². The minimum Gasteiger partial charge on any atom is -0.366 e. The predicted octanol–water partition coefficient (Wildman–Crippen LogP) is 2.53. The van der Waals surface area contributed by atoms with Crippen LogP contribution in [0.25, 0.3) is 0 Å². The standard InChI is InChI=1S/C22H25N3O5S/c26-22(17-4-2-1-3-5-17)18-6-7-20(21(16-18)25(27)28)24-10-8-19(9-11-24)23-12-14-31(29,30)15-13-23/h1-7,16,19H,8-15H2. The number of nitro groups is 1. The fourth-order valence-corrected chi connectivity index (χ4v) is 5.63. The summed E-state index contributed by atoms with van der Waals surface area (Å²) in [4.78, 5) is 28.2. The van der Waals surface area contributed by atoms with Crippen molar-refractivity contribution < 1.29 is 18.1 Å². The van der Waals surface area contributed by atoms with E-state index < -0.39 is 14.8 Å². The average molecular weight is 444 g/mol. The van der Waals surface area contributed by atoms with E-state index in [9.17, 15) is 23.3 Å². The van der Waals surface area contributed by atoms with Crippen molar-refractivity contribution in [1.82, 2.24) is 4.90 Å². The number of piperidine rings is 1. The zero-order valence-electron chi connectivity index (χ0n) is 17.1. The Morgan fingerprint density at radius 1 is 0.935 bits per heavy atom. The summed E-state index contributed by atoms with van der Waals surface area (Å²) in [6.07, 6.45) is 1.64. The maximum atomic E-state index is 12.7. The number of rotatable bonds is 5. The summed E-state index contributed by atoms with van der Waals surface area (Å²) in [6.45, 7) is 2.42. The van der Waals surface area contributed by atoms with E-state index >= 15 is 0 Å². The zero-order chi connectivity index (χ0) is 22.0. The summed E-state index contributed by atoms with van der Waals surface area (Å²) in [5.41, 5.74) is 1.25. The lowest BCUT2D eigenvalue weighted by Crippen LogP contribution is -2.50. The van der Waals surface area contributed by atoms with Gasteiger partial charge in [-0.25, -0.2) is 8.42 Å². The molecule has 2 saturated heterocycles. The summed E-state index contributed by atoms with van der Waals surface area (Å²) >= 11 is 0. The molecule has 2 aliphatic rings. The van der Waals surface area contributed by atoms with Gasteiger partial charge in [0.05, 0.1) is 16.4 Å². The van der Waals surface area contributed by atoms with Crippen LogP contribution in [-0.2, 0) is 9.84 Å². The maximum Gasteiger partial charge on any atom is 0.293 e. The van der Waals surface area contributed by atoms with Crippen molar-refractivity contribution in [2.45, 2.75) is 18.9 Å². The molecule has 0 radical (unpaired) electrons. The normalized spacial score (nSPS) is 19.8. The van der Waals surface area contributed by atoms with Gasteiger partial charge in [-0.1, -0.05) is 30.3 Å². The van der Waals surface area contributed by atoms with Gasteiger partial charge in [0.2, 0.25) is 0 Å². The van der Waals surface area contributed by atoms with Crippen molar-refractivity contribution in [1.29, 1.82) is 0 Å². The Morgan fingerprint density at radius 3 is 2.19 bits per heavy atom. The van der Waals surface area contributed by atoms with Crippen molar-refractivity contribution in [3.8, 4) is 0 Å². The number of sulfone groups is 1. The number of nitrogens with zero attached hydrogens (tertiary/aromatic N) is 3. The first-order chi connectivity index (χ1) is 14.8. The van der Waals surface area contributed by atoms with Crippen LogP contribution in [0.3, 0.4) is 0 Å². The molecule has 9 heteroatoms. The first-order valence-corrected chi connectivity index (χ1v) is 12.2. The second-order valence-corrected chi connectivity index (χ2v) is 10.4. The van der Waals surface area contributed by atoms with E-state index in [1.807, 2.05) is 11.0 Å². The second kappa shape index (κ2) is 8.76. The molecule has 0 aromatic heterocycles. The van der Waals surface area contributed by atoms with Crippen molar-refractivity contribution in [2.75, 3.05) is 42.6 Å². The topological polar surface area (TPSA) is 101 Å². The highest BCUT2D eigenvalue weighted by molar-refractivity contribution is 7.91. The first kappa shape index (κ1) is 21.5. The van der Waals surface area contributed by atoms with E-state index in [2.05, 4.69) is 4.90 Å². The molecule has 8 nitrogen and oxygen atoms in total. The monoisotopic (exact) mass is 443 g/mol. The van der Waals surface area contributed by atoms with Gasteiger partial charge in [0.15, 0.2) is 15.6 Å². The minimum absolute atomic E-state index is 0.0655. The van der Waals surface area contributed by atoms with Gasteiger partial charge in [0.1, 0.15) is 5.69 Å². The fraction of sp³-hybridized carbons (Fsp3) is 0.409. The Balaban J connectivity index is 1.47. The molecule has 0 saturated carbocycles. The lowest BCUT2D eigenvalue weighted by Gasteiger charge is -2.40. The molecule has 2 aromatic rings. The van der Waals surface area contributed by atoms with E-state index in [0.29, 0.717) is 49.0 Å². The van der Waals surface area contributed by atoms with E-state index in [4.69, 9.17) is 0 Å². The third kappa shape index (κ3) is 4.77. The van der Waals surface area contributed by atoms with Crippen LogP contribution in [0.2, 0.25) is 0 Å². The Bertz CT molecular complexity index is 1070. The molecule has 2 heterocycles. The molecular weight excluding hydrogens is 418 g/mol. The molecule has 164 valence electrons. The molecule has 31 heavy (non-hydrogen) atoms. The highest BCUT2D eigenvalue weighted by Crippen LogP contribution is 2.33. The van der Waals surface area contributed by atoms with Crippen LogP contribution in [0.5, 0.6) is 0 Å². The van der Waals surface area contributed by atoms with Crippen LogP contribution in [-0.4, -0.2) is 67.8 Å². The number of carbonyl (C=O) groups is 1. The molecule has 0 atom stereocenters. The SMILES string of the molecule is O=C(c1ccccc1)c1ccc(N2CCC(N3CCS(=O)(=O)CC3)CC2)c([N+](=O)[O-])c1. The van der Waals surface area contributed by atoms with E-state index in [-0.39, 0.29) is 23.0 Å². The summed E-state index contributed by atoms with van der Waals surface area (Å²) in [5, 5.41) is 11.8. The van der Waals surface area contributed by atoms with Crippen LogP contribution in [0, 0.1) is 10.1 Å². The highest BCUT2D eigenvalue weighted by atomic mass is 32.2. The van der Waals surface area contributed by atoms with E-state index in [0.717, 1.165) is 12.8 Å². The zero-order valence-corrected chi connectivity index (χ0v) is 18.0. The lowest BCUT2D eigenvalue weighted by molar-refractivity contribution is -0.384. The Morgan fingerprint density at radius 2 is 1.58 bits per heavy atom. The quantitative estimate of drug-likeness (QED) is 0.398. The van der Waals surface area contributed by atoms with Crippen molar-refractivity contribution >= 4 is 27.0 Å². The molecular formula is C22H25N3O5S. The highest BCUT2D eigenvalue weighted by Gasteiger charge is 2.31. The van der Waals surface area contributed by atoms with E-state index in [1.54, 1.807) is 36.4 Å². The predicted molar refractivity (Wildman–Crippen MR) is 118 cm³/mol. The van der Waals surface area contributed by atoms with Gasteiger partial charge in [0, 0.05) is 49.4 Å². The molecule has 0 N–H and O–H groups in total. The summed E-state index contributed by atoms with van der Waals surface area (Å²) in [7, 11) is -2.91. The smallest absolute Gasteiger partial charge is 0.293 e. The number of anilines is 1. The Labute approximate surface area is 181 Å². The summed E-state index contributed by atoms with van der Waals surface area (Å²) in [5.74, 6) is 0.166. The molecule has 2 aromatic carbocycles. The molecule has 4 rings (SSSR count). The van der Waals surface area contributed by atoms with Crippen LogP contribution < -0.4 is 4.90 Å². The van der Waals surface area contributed by atoms with Crippen LogP contribution in [0.4, 0.5) is 11.4 Å². The van der Waals surface area contributed by atoms with Crippen LogP contribution in [0.1, 0.15) is 28.8 Å². The Hall–Kier alpha value is -2.78. The van der Waals surface area contributed by atoms with Crippen LogP contribution >= 0.6 is 0 Å². The third-order valence-corrected chi connectivity index (χ3v) is 7.78. The number of hydrogen-bond donors (Lipinski definition) is 0. The van der Waals surface area contributed by atoms with Crippen molar-refractivity contribution in [3.63, 3.8) is 0 Å². The number of hydrogen-bond acceptors (Lipinski definition) is 7. The average Bonchev–Trinajstić information content (AvgIpc) is 2.79. The molecule has 2 aliphatic heterocycles. The number of carbonyl (C=O) groups excluding carboxylic acids is 1. The van der Waals surface area contributed by atoms with Gasteiger partial charge < -0.3 is 4.90 Å². The molecule has 0 spiro atoms. The minimum atomic E-state index is -2.91. The Kier molecular flexibility index (Phi) is 6.06. The van der Waals surface area contributed by atoms with Gasteiger partial charge in [-0.05, 0) is 25.0 Å². The van der Waals surface area contributed by atoms with Gasteiger partial charge in [0.25, 0.3) is 5.69 Å². The fourth-order valence-electron chi connectivity index (χ4n) is 4.40. The van der Waals surface area contributed by atoms with Gasteiger partial charge in [-0.15, -0.1) is 0 Å². The maximum absolute atomic E-state index is 12.7. The summed E-state index contributed by atoms with van der Waals surface area (Å²) < 4.78 is 23.3. The van der Waals surface area contributed by atoms with Crippen molar-refractivity contribution in [3.05, 3.63) is 69.8 Å². The van der Waals surface area contributed by atoms with E-state index in [1.165, 1.54) is 6.07 Å². The van der Waals surface area contributed by atoms with Crippen molar-refractivity contribution in [2.24, 2.45) is 0 Å². The molecule has 0 aliphatic carbocycles.